The summed E-state index contributed by atoms with van der Waals surface area (Å²) in [5, 5.41) is 6.09. The summed E-state index contributed by atoms with van der Waals surface area (Å²) in [6.45, 7) is 2.85. The lowest BCUT2D eigenvalue weighted by molar-refractivity contribution is 0.0710. The van der Waals surface area contributed by atoms with Gasteiger partial charge in [-0.25, -0.2) is 0 Å². The molecule has 0 bridgehead atoms. The molecule has 3 nitrogen and oxygen atoms in total. The number of carbonyl (C=O) groups excluding carboxylic acids is 1. The highest BCUT2D eigenvalue weighted by Crippen LogP contribution is 2.28. The quantitative estimate of drug-likeness (QED) is 0.914. The first kappa shape index (κ1) is 16.1. The number of likely N-dealkylation sites (tertiary alicyclic amines) is 1. The Morgan fingerprint density at radius 3 is 2.60 bits per heavy atom. The second-order valence-electron chi connectivity index (χ2n) is 5.52. The highest BCUT2D eigenvalue weighted by molar-refractivity contribution is 7.12. The van der Waals surface area contributed by atoms with Crippen LogP contribution < -0.4 is 5.32 Å². The normalized spacial score (nSPS) is 19.8. The van der Waals surface area contributed by atoms with E-state index in [9.17, 15) is 4.79 Å². The minimum absolute atomic E-state index is 0. The topological polar surface area (TPSA) is 32.3 Å². The van der Waals surface area contributed by atoms with Gasteiger partial charge in [-0.1, -0.05) is 11.6 Å². The lowest BCUT2D eigenvalue weighted by Gasteiger charge is -2.32. The molecular formula is C14H20Cl2N2OS. The second kappa shape index (κ2) is 7.12. The molecule has 0 unspecified atom stereocenters. The predicted octanol–water partition coefficient (Wildman–Crippen LogP) is 3.43. The molecule has 1 saturated heterocycles. The van der Waals surface area contributed by atoms with E-state index >= 15 is 0 Å². The third-order valence-electron chi connectivity index (χ3n) is 3.99. The Hall–Kier alpha value is -0.290. The van der Waals surface area contributed by atoms with Crippen molar-refractivity contribution in [3.63, 3.8) is 0 Å². The summed E-state index contributed by atoms with van der Waals surface area (Å²) in [6, 6.07) is 2.38. The van der Waals surface area contributed by atoms with E-state index in [1.54, 1.807) is 6.07 Å². The number of nitrogens with one attached hydrogen (secondary N) is 1. The van der Waals surface area contributed by atoms with Gasteiger partial charge >= 0.3 is 0 Å². The van der Waals surface area contributed by atoms with Gasteiger partial charge in [0.05, 0.1) is 5.02 Å². The van der Waals surface area contributed by atoms with Crippen molar-refractivity contribution in [1.29, 1.82) is 0 Å². The van der Waals surface area contributed by atoms with Crippen molar-refractivity contribution in [2.75, 3.05) is 19.6 Å². The molecule has 6 heteroatoms. The molecule has 1 aromatic rings. The standard InChI is InChI=1S/C14H19ClN2OS.ClH/c15-12-5-8-19-13(12)14(18)17-6-3-11(4-7-17)16-9-10-1-2-10;/h5,8,10-11,16H,1-4,6-7,9H2;1H. The number of amides is 1. The first-order chi connectivity index (χ1) is 9.24. The lowest BCUT2D eigenvalue weighted by Crippen LogP contribution is -2.45. The zero-order valence-corrected chi connectivity index (χ0v) is 13.7. The fraction of sp³-hybridized carbons (Fsp3) is 0.643. The van der Waals surface area contributed by atoms with Gasteiger partial charge in [0.1, 0.15) is 4.88 Å². The summed E-state index contributed by atoms with van der Waals surface area (Å²) >= 11 is 7.46. The van der Waals surface area contributed by atoms with Gasteiger partial charge in [0.25, 0.3) is 5.91 Å². The first-order valence-electron chi connectivity index (χ1n) is 6.99. The van der Waals surface area contributed by atoms with Gasteiger partial charge in [-0.3, -0.25) is 4.79 Å². The van der Waals surface area contributed by atoms with Crippen LogP contribution in [0.15, 0.2) is 11.4 Å². The van der Waals surface area contributed by atoms with Gasteiger partial charge in [-0.15, -0.1) is 23.7 Å². The van der Waals surface area contributed by atoms with Gasteiger partial charge in [-0.05, 0) is 49.6 Å². The summed E-state index contributed by atoms with van der Waals surface area (Å²) in [7, 11) is 0. The van der Waals surface area contributed by atoms with Crippen molar-refractivity contribution in [2.24, 2.45) is 5.92 Å². The Bertz CT molecular complexity index is 454. The van der Waals surface area contributed by atoms with Crippen LogP contribution in [0.1, 0.15) is 35.4 Å². The molecule has 1 aliphatic heterocycles. The van der Waals surface area contributed by atoms with Crippen LogP contribution in [0.25, 0.3) is 0 Å². The second-order valence-corrected chi connectivity index (χ2v) is 6.84. The molecule has 20 heavy (non-hydrogen) atoms. The van der Waals surface area contributed by atoms with Crippen LogP contribution in [-0.2, 0) is 0 Å². The number of thiophene rings is 1. The van der Waals surface area contributed by atoms with E-state index in [2.05, 4.69) is 5.32 Å². The lowest BCUT2D eigenvalue weighted by atomic mass is 10.0. The highest BCUT2D eigenvalue weighted by atomic mass is 35.5. The molecule has 1 amide bonds. The maximum absolute atomic E-state index is 12.3. The van der Waals surface area contributed by atoms with Gasteiger partial charge in [0.2, 0.25) is 0 Å². The fourth-order valence-corrected chi connectivity index (χ4v) is 3.63. The number of carbonyl (C=O) groups is 1. The molecule has 3 rings (SSSR count). The molecule has 0 aromatic carbocycles. The van der Waals surface area contributed by atoms with E-state index in [0.717, 1.165) is 38.4 Å². The third-order valence-corrected chi connectivity index (χ3v) is 5.32. The summed E-state index contributed by atoms with van der Waals surface area (Å²) in [5.41, 5.74) is 0. The Morgan fingerprint density at radius 2 is 2.05 bits per heavy atom. The van der Waals surface area contributed by atoms with E-state index in [1.807, 2.05) is 10.3 Å². The van der Waals surface area contributed by atoms with E-state index in [-0.39, 0.29) is 18.3 Å². The summed E-state index contributed by atoms with van der Waals surface area (Å²) < 4.78 is 0. The van der Waals surface area contributed by atoms with Crippen molar-refractivity contribution in [2.45, 2.75) is 31.7 Å². The molecule has 2 fully saturated rings. The number of rotatable bonds is 4. The Labute approximate surface area is 135 Å². The fourth-order valence-electron chi connectivity index (χ4n) is 2.53. The van der Waals surface area contributed by atoms with Crippen LogP contribution in [0.5, 0.6) is 0 Å². The zero-order chi connectivity index (χ0) is 13.2. The van der Waals surface area contributed by atoms with Crippen molar-refractivity contribution < 1.29 is 4.79 Å². The largest absolute Gasteiger partial charge is 0.338 e. The van der Waals surface area contributed by atoms with Crippen molar-refractivity contribution >= 4 is 41.3 Å². The van der Waals surface area contributed by atoms with E-state index in [0.29, 0.717) is 15.9 Å². The molecule has 0 radical (unpaired) electrons. The van der Waals surface area contributed by atoms with Crippen LogP contribution in [0.3, 0.4) is 0 Å². The maximum Gasteiger partial charge on any atom is 0.265 e. The van der Waals surface area contributed by atoms with Gasteiger partial charge in [0.15, 0.2) is 0 Å². The summed E-state index contributed by atoms with van der Waals surface area (Å²) in [4.78, 5) is 14.9. The smallest absolute Gasteiger partial charge is 0.265 e. The molecule has 1 N–H and O–H groups in total. The van der Waals surface area contributed by atoms with Crippen molar-refractivity contribution in [3.05, 3.63) is 21.3 Å². The van der Waals surface area contributed by atoms with Gasteiger partial charge in [0, 0.05) is 19.1 Å². The molecule has 0 atom stereocenters. The minimum Gasteiger partial charge on any atom is -0.338 e. The average molecular weight is 335 g/mol. The Morgan fingerprint density at radius 1 is 1.35 bits per heavy atom. The van der Waals surface area contributed by atoms with Crippen molar-refractivity contribution in [3.8, 4) is 0 Å². The van der Waals surface area contributed by atoms with Crippen LogP contribution in [0, 0.1) is 5.92 Å². The van der Waals surface area contributed by atoms with E-state index < -0.39 is 0 Å². The first-order valence-corrected chi connectivity index (χ1v) is 8.25. The molecule has 2 heterocycles. The number of hydrogen-bond acceptors (Lipinski definition) is 3. The predicted molar refractivity (Wildman–Crippen MR) is 86.2 cm³/mol. The Balaban J connectivity index is 0.00000147. The maximum atomic E-state index is 12.3. The third kappa shape index (κ3) is 3.88. The van der Waals surface area contributed by atoms with Crippen molar-refractivity contribution in [1.82, 2.24) is 10.2 Å². The number of halogens is 2. The monoisotopic (exact) mass is 334 g/mol. The molecule has 1 aliphatic carbocycles. The number of piperidine rings is 1. The molecule has 2 aliphatic rings. The minimum atomic E-state index is 0. The highest BCUT2D eigenvalue weighted by Gasteiger charge is 2.27. The number of hydrogen-bond donors (Lipinski definition) is 1. The van der Waals surface area contributed by atoms with Gasteiger partial charge < -0.3 is 10.2 Å². The molecule has 112 valence electrons. The van der Waals surface area contributed by atoms with Crippen LogP contribution >= 0.6 is 35.3 Å². The molecule has 1 saturated carbocycles. The van der Waals surface area contributed by atoms with E-state index in [1.165, 1.54) is 24.2 Å². The molecule has 0 spiro atoms. The summed E-state index contributed by atoms with van der Waals surface area (Å²) in [6.07, 6.45) is 4.89. The van der Waals surface area contributed by atoms with Crippen LogP contribution in [-0.4, -0.2) is 36.5 Å². The zero-order valence-electron chi connectivity index (χ0n) is 11.3. The Kier molecular flexibility index (Phi) is 5.73. The molecular weight excluding hydrogens is 315 g/mol. The van der Waals surface area contributed by atoms with Gasteiger partial charge in [-0.2, -0.15) is 0 Å². The number of nitrogens with zero attached hydrogens (tertiary/aromatic N) is 1. The van der Waals surface area contributed by atoms with Crippen LogP contribution in [0.2, 0.25) is 5.02 Å². The molecule has 1 aromatic heterocycles. The van der Waals surface area contributed by atoms with E-state index in [4.69, 9.17) is 11.6 Å². The average Bonchev–Trinajstić information content (AvgIpc) is 3.17. The van der Waals surface area contributed by atoms with Crippen LogP contribution in [0.4, 0.5) is 0 Å². The summed E-state index contributed by atoms with van der Waals surface area (Å²) in [5.74, 6) is 1.02. The SMILES string of the molecule is Cl.O=C(c1sccc1Cl)N1CCC(NCC2CC2)CC1.